The number of cyclic esters (lactones) is 2. The summed E-state index contributed by atoms with van der Waals surface area (Å²) in [5, 5.41) is 20.2. The molecule has 4 unspecified atom stereocenters. The molecular weight excluding hydrogens is 758 g/mol. The number of para-hydroxylation sites is 4. The predicted molar refractivity (Wildman–Crippen MR) is 205 cm³/mol. The molecule has 2 heterocycles. The minimum Gasteiger partial charge on any atom is -0.511 e. The molecule has 2 N–H and O–H groups in total. The van der Waals surface area contributed by atoms with Crippen LogP contribution in [0.2, 0.25) is 0 Å². The van der Waals surface area contributed by atoms with Crippen molar-refractivity contribution in [2.45, 2.75) is 39.9 Å². The maximum Gasteiger partial charge on any atom is 0.323 e. The Balaban J connectivity index is 0.000000240. The third-order valence-corrected chi connectivity index (χ3v) is 8.12. The molecule has 0 saturated heterocycles. The summed E-state index contributed by atoms with van der Waals surface area (Å²) in [6, 6.07) is 26.3. The van der Waals surface area contributed by atoms with Crippen LogP contribution >= 0.6 is 0 Å². The Morgan fingerprint density at radius 3 is 1.24 bits per heavy atom. The van der Waals surface area contributed by atoms with Gasteiger partial charge in [0.2, 0.25) is 0 Å². The maximum absolute atomic E-state index is 13.0. The van der Waals surface area contributed by atoms with Crippen LogP contribution in [0.3, 0.4) is 0 Å². The van der Waals surface area contributed by atoms with Gasteiger partial charge in [0, 0.05) is 40.9 Å². The zero-order valence-electron chi connectivity index (χ0n) is 30.2. The van der Waals surface area contributed by atoms with Gasteiger partial charge in [-0.1, -0.05) is 48.5 Å². The average Bonchev–Trinajstić information content (AvgIpc) is 3.12. The normalized spacial score (nSPS) is 20.1. The Morgan fingerprint density at radius 1 is 0.582 bits per heavy atom. The van der Waals surface area contributed by atoms with Gasteiger partial charge in [-0.3, -0.25) is 29.6 Å². The number of aliphatic hydroxyl groups excluding tert-OH is 2. The van der Waals surface area contributed by atoms with Gasteiger partial charge in [-0.05, 0) is 99.5 Å². The van der Waals surface area contributed by atoms with E-state index in [4.69, 9.17) is 9.47 Å². The second kappa shape index (κ2) is 19.3. The Kier molecular flexibility index (Phi) is 14.7. The van der Waals surface area contributed by atoms with Gasteiger partial charge in [0.15, 0.2) is 11.8 Å². The molecule has 287 valence electrons. The number of aliphatic hydroxyl groups is 2. The van der Waals surface area contributed by atoms with Gasteiger partial charge in [0.05, 0.1) is 22.7 Å². The summed E-state index contributed by atoms with van der Waals surface area (Å²) in [7, 11) is 0. The Hall–Kier alpha value is -6.04. The van der Waals surface area contributed by atoms with Crippen LogP contribution in [0.5, 0.6) is 0 Å². The standard InChI is InChI=1S/2C21H19FN2O3.Cu/c2*1-13-11-19(25)20(21(26)27-13)14(2)24-18-6-4-3-5-17(18)23-12-15-7-9-16(22)10-8-15;/h2*3-13,20,25H,1-2H3;. The predicted octanol–water partition coefficient (Wildman–Crippen LogP) is 9.34. The van der Waals surface area contributed by atoms with Crippen LogP contribution < -0.4 is 0 Å². The van der Waals surface area contributed by atoms with E-state index >= 15 is 0 Å². The van der Waals surface area contributed by atoms with Crippen molar-refractivity contribution in [3.63, 3.8) is 0 Å². The molecule has 6 rings (SSSR count). The zero-order valence-corrected chi connectivity index (χ0v) is 31.2. The summed E-state index contributed by atoms with van der Waals surface area (Å²) in [5.41, 5.74) is 4.58. The van der Waals surface area contributed by atoms with E-state index in [1.807, 2.05) is 12.1 Å². The number of esters is 2. The van der Waals surface area contributed by atoms with E-state index in [2.05, 4.69) is 20.0 Å². The second-order valence-electron chi connectivity index (χ2n) is 12.4. The van der Waals surface area contributed by atoms with Crippen LogP contribution in [0.4, 0.5) is 31.5 Å². The first-order chi connectivity index (χ1) is 25.9. The van der Waals surface area contributed by atoms with Crippen LogP contribution in [0.15, 0.2) is 141 Å². The van der Waals surface area contributed by atoms with Crippen molar-refractivity contribution in [3.8, 4) is 0 Å². The van der Waals surface area contributed by atoms with Crippen LogP contribution in [-0.4, -0.2) is 58.2 Å². The molecule has 13 heteroatoms. The van der Waals surface area contributed by atoms with Gasteiger partial charge in [-0.25, -0.2) is 8.78 Å². The number of hydrogen-bond acceptors (Lipinski definition) is 10. The van der Waals surface area contributed by atoms with Gasteiger partial charge >= 0.3 is 11.9 Å². The monoisotopic (exact) mass is 795 g/mol. The van der Waals surface area contributed by atoms with Crippen molar-refractivity contribution >= 4 is 58.5 Å². The maximum atomic E-state index is 13.0. The van der Waals surface area contributed by atoms with Crippen molar-refractivity contribution in [2.75, 3.05) is 0 Å². The third kappa shape index (κ3) is 11.5. The molecule has 2 aliphatic heterocycles. The topological polar surface area (TPSA) is 142 Å². The summed E-state index contributed by atoms with van der Waals surface area (Å²) in [4.78, 5) is 42.0. The van der Waals surface area contributed by atoms with E-state index in [1.54, 1.807) is 101 Å². The van der Waals surface area contributed by atoms with Gasteiger partial charge < -0.3 is 19.7 Å². The molecule has 4 atom stereocenters. The molecule has 0 fully saturated rings. The van der Waals surface area contributed by atoms with E-state index in [0.29, 0.717) is 34.2 Å². The van der Waals surface area contributed by atoms with Crippen molar-refractivity contribution in [1.82, 2.24) is 0 Å². The Morgan fingerprint density at radius 2 is 0.909 bits per heavy atom. The van der Waals surface area contributed by atoms with Gasteiger partial charge in [0.25, 0.3) is 0 Å². The van der Waals surface area contributed by atoms with E-state index in [0.717, 1.165) is 11.1 Å². The van der Waals surface area contributed by atoms with E-state index in [9.17, 15) is 28.6 Å². The fourth-order valence-electron chi connectivity index (χ4n) is 5.49. The fraction of sp³-hybridized carbons (Fsp3) is 0.190. The largest absolute Gasteiger partial charge is 0.511 e. The van der Waals surface area contributed by atoms with Crippen molar-refractivity contribution < 1.29 is 55.1 Å². The van der Waals surface area contributed by atoms with E-state index < -0.39 is 36.0 Å². The first-order valence-electron chi connectivity index (χ1n) is 17.0. The van der Waals surface area contributed by atoms with Gasteiger partial charge in [0.1, 0.15) is 35.4 Å². The second-order valence-corrected chi connectivity index (χ2v) is 12.4. The Bertz CT molecular complexity index is 2030. The minimum absolute atomic E-state index is 0. The van der Waals surface area contributed by atoms with Gasteiger partial charge in [-0.2, -0.15) is 0 Å². The number of aliphatic imine (C=N–C) groups is 4. The van der Waals surface area contributed by atoms with Crippen molar-refractivity contribution in [1.29, 1.82) is 0 Å². The first-order valence-corrected chi connectivity index (χ1v) is 17.0. The molecule has 55 heavy (non-hydrogen) atoms. The number of halogens is 2. The summed E-state index contributed by atoms with van der Waals surface area (Å²) in [6.07, 6.45) is 5.27. The van der Waals surface area contributed by atoms with E-state index in [1.165, 1.54) is 36.4 Å². The molecule has 0 aliphatic carbocycles. The summed E-state index contributed by atoms with van der Waals surface area (Å²) >= 11 is 0. The first kappa shape index (κ1) is 41.7. The zero-order chi connectivity index (χ0) is 38.8. The molecule has 0 aromatic heterocycles. The number of ether oxygens (including phenoxy) is 2. The smallest absolute Gasteiger partial charge is 0.323 e. The third-order valence-electron chi connectivity index (χ3n) is 8.12. The Labute approximate surface area is 327 Å². The average molecular weight is 796 g/mol. The molecule has 0 amide bonds. The molecular formula is C42H38CuF2N4O6. The minimum atomic E-state index is -0.921. The number of hydrogen-bond donors (Lipinski definition) is 2. The molecule has 1 radical (unpaired) electrons. The number of benzene rings is 4. The van der Waals surface area contributed by atoms with Crippen LogP contribution in [0.1, 0.15) is 38.8 Å². The van der Waals surface area contributed by atoms with Crippen LogP contribution in [0, 0.1) is 23.5 Å². The van der Waals surface area contributed by atoms with Crippen LogP contribution in [-0.2, 0) is 36.1 Å². The molecule has 0 spiro atoms. The summed E-state index contributed by atoms with van der Waals surface area (Å²) in [6.45, 7) is 6.67. The molecule has 2 aliphatic rings. The van der Waals surface area contributed by atoms with Crippen molar-refractivity contribution in [2.24, 2.45) is 31.8 Å². The summed E-state index contributed by atoms with van der Waals surface area (Å²) < 4.78 is 36.3. The van der Waals surface area contributed by atoms with Gasteiger partial charge in [-0.15, -0.1) is 0 Å². The number of carbonyl (C=O) groups is 2. The molecule has 4 aromatic carbocycles. The quantitative estimate of drug-likeness (QED) is 0.103. The molecule has 0 saturated carbocycles. The number of carbonyl (C=O) groups excluding carboxylic acids is 2. The molecule has 10 nitrogen and oxygen atoms in total. The number of nitrogens with zero attached hydrogens (tertiary/aromatic N) is 4. The molecule has 4 aromatic rings. The SMILES string of the molecule is CC(=Nc1ccccc1N=Cc1ccc(F)cc1)C1C(=O)OC(C)C=C1O.CC(=Nc1ccccc1N=Cc1ccc(F)cc1)C1C(=O)OC(C)C=C1O.[Cu]. The van der Waals surface area contributed by atoms with Crippen LogP contribution in [0.25, 0.3) is 0 Å². The molecule has 0 bridgehead atoms. The fourth-order valence-corrected chi connectivity index (χ4v) is 5.49. The summed E-state index contributed by atoms with van der Waals surface area (Å²) in [5.74, 6) is -3.65. The van der Waals surface area contributed by atoms with E-state index in [-0.39, 0.29) is 40.2 Å². The van der Waals surface area contributed by atoms with Crippen molar-refractivity contribution in [3.05, 3.63) is 143 Å². The number of rotatable bonds is 8.